The van der Waals surface area contributed by atoms with Gasteiger partial charge < -0.3 is 15.2 Å². The van der Waals surface area contributed by atoms with Gasteiger partial charge in [0.05, 0.1) is 5.56 Å². The minimum absolute atomic E-state index is 0.311. The van der Waals surface area contributed by atoms with E-state index in [1.807, 2.05) is 44.2 Å². The molecule has 0 unspecified atom stereocenters. The van der Waals surface area contributed by atoms with E-state index in [1.54, 1.807) is 6.07 Å². The van der Waals surface area contributed by atoms with Crippen LogP contribution in [0, 0.1) is 20.8 Å². The van der Waals surface area contributed by atoms with Crippen LogP contribution in [0.15, 0.2) is 48.5 Å². The van der Waals surface area contributed by atoms with Crippen molar-refractivity contribution in [2.75, 3.05) is 0 Å². The molecule has 156 valence electrons. The van der Waals surface area contributed by atoms with Gasteiger partial charge in [0.2, 0.25) is 0 Å². The van der Waals surface area contributed by atoms with Crippen LogP contribution in [0.25, 0.3) is 10.8 Å². The number of aliphatic carboxylic acids is 1. The van der Waals surface area contributed by atoms with E-state index in [0.29, 0.717) is 17.9 Å². The van der Waals surface area contributed by atoms with Gasteiger partial charge in [-0.3, -0.25) is 4.79 Å². The van der Waals surface area contributed by atoms with Crippen molar-refractivity contribution in [1.29, 1.82) is 0 Å². The maximum absolute atomic E-state index is 13.0. The Bertz CT molecular complexity index is 1110. The van der Waals surface area contributed by atoms with E-state index in [9.17, 15) is 14.7 Å². The molecule has 0 saturated carbocycles. The molecule has 0 atom stereocenters. The van der Waals surface area contributed by atoms with Crippen molar-refractivity contribution < 1.29 is 19.4 Å². The van der Waals surface area contributed by atoms with Gasteiger partial charge >= 0.3 is 5.97 Å². The minimum atomic E-state index is -1.40. The number of carbonyl (C=O) groups excluding carboxylic acids is 1. The van der Waals surface area contributed by atoms with Crippen LogP contribution in [0.1, 0.15) is 46.5 Å². The molecule has 30 heavy (non-hydrogen) atoms. The number of rotatable bonds is 6. The second kappa shape index (κ2) is 8.19. The summed E-state index contributed by atoms with van der Waals surface area (Å²) in [5.41, 5.74) is 3.44. The molecule has 0 fully saturated rings. The van der Waals surface area contributed by atoms with Gasteiger partial charge in [0, 0.05) is 5.39 Å². The van der Waals surface area contributed by atoms with Gasteiger partial charge in [0.15, 0.2) is 0 Å². The van der Waals surface area contributed by atoms with E-state index in [0.717, 1.165) is 27.5 Å². The maximum Gasteiger partial charge on any atom is 0.328 e. The lowest BCUT2D eigenvalue weighted by Gasteiger charge is -2.22. The lowest BCUT2D eigenvalue weighted by Crippen LogP contribution is -2.49. The van der Waals surface area contributed by atoms with E-state index in [-0.39, 0.29) is 0 Å². The summed E-state index contributed by atoms with van der Waals surface area (Å²) >= 11 is 0. The standard InChI is InChI=1S/C25H27NO4/c1-15-12-16(2)21(17(3)13-15)14-30-22-19-9-7-6-8-18(19)10-11-20(22)23(27)26-25(4,5)24(28)29/h6-13H,14H2,1-5H3,(H,26,27)(H,28,29). The highest BCUT2D eigenvalue weighted by atomic mass is 16.5. The Morgan fingerprint density at radius 3 is 2.27 bits per heavy atom. The van der Waals surface area contributed by atoms with Gasteiger partial charge in [-0.15, -0.1) is 0 Å². The highest BCUT2D eigenvalue weighted by Gasteiger charge is 2.30. The summed E-state index contributed by atoms with van der Waals surface area (Å²) in [6.45, 7) is 9.37. The van der Waals surface area contributed by atoms with Crippen LogP contribution in [-0.2, 0) is 11.4 Å². The van der Waals surface area contributed by atoms with Crippen LogP contribution in [0.2, 0.25) is 0 Å². The molecule has 0 saturated heterocycles. The van der Waals surface area contributed by atoms with Crippen molar-refractivity contribution in [3.05, 3.63) is 76.3 Å². The van der Waals surface area contributed by atoms with Gasteiger partial charge in [-0.1, -0.05) is 48.0 Å². The second-order valence-corrected chi connectivity index (χ2v) is 8.21. The fourth-order valence-corrected chi connectivity index (χ4v) is 3.56. The highest BCUT2D eigenvalue weighted by molar-refractivity contribution is 6.05. The average Bonchev–Trinajstić information content (AvgIpc) is 2.66. The number of nitrogens with one attached hydrogen (secondary N) is 1. The van der Waals surface area contributed by atoms with E-state index in [2.05, 4.69) is 24.4 Å². The number of carboxylic acids is 1. The predicted molar refractivity (Wildman–Crippen MR) is 118 cm³/mol. The number of carboxylic acid groups (broad SMARTS) is 1. The first kappa shape index (κ1) is 21.4. The molecule has 0 aliphatic rings. The van der Waals surface area contributed by atoms with Crippen LogP contribution in [0.3, 0.4) is 0 Å². The van der Waals surface area contributed by atoms with Crippen molar-refractivity contribution >= 4 is 22.6 Å². The topological polar surface area (TPSA) is 75.6 Å². The third kappa shape index (κ3) is 4.30. The molecule has 1 amide bonds. The number of benzene rings is 3. The second-order valence-electron chi connectivity index (χ2n) is 8.21. The first-order valence-electron chi connectivity index (χ1n) is 9.87. The summed E-state index contributed by atoms with van der Waals surface area (Å²) in [5, 5.41) is 13.7. The van der Waals surface area contributed by atoms with E-state index < -0.39 is 17.4 Å². The number of amides is 1. The molecule has 0 aromatic heterocycles. The summed E-state index contributed by atoms with van der Waals surface area (Å²) in [6.07, 6.45) is 0. The lowest BCUT2D eigenvalue weighted by molar-refractivity contribution is -0.143. The Balaban J connectivity index is 2.03. The molecule has 0 heterocycles. The predicted octanol–water partition coefficient (Wildman–Crippen LogP) is 4.94. The molecule has 0 bridgehead atoms. The summed E-state index contributed by atoms with van der Waals surface area (Å²) in [7, 11) is 0. The quantitative estimate of drug-likeness (QED) is 0.609. The van der Waals surface area contributed by atoms with Crippen molar-refractivity contribution in [3.8, 4) is 5.75 Å². The summed E-state index contributed by atoms with van der Waals surface area (Å²) in [6, 6.07) is 15.4. The van der Waals surface area contributed by atoms with Crippen LogP contribution >= 0.6 is 0 Å². The fraction of sp³-hybridized carbons (Fsp3) is 0.280. The monoisotopic (exact) mass is 405 g/mol. The molecule has 3 aromatic rings. The molecule has 5 heteroatoms. The molecule has 0 aliphatic heterocycles. The summed E-state index contributed by atoms with van der Waals surface area (Å²) < 4.78 is 6.23. The number of hydrogen-bond acceptors (Lipinski definition) is 3. The summed E-state index contributed by atoms with van der Waals surface area (Å²) in [4.78, 5) is 24.4. The van der Waals surface area contributed by atoms with Gasteiger partial charge in [0.25, 0.3) is 5.91 Å². The molecular weight excluding hydrogens is 378 g/mol. The van der Waals surface area contributed by atoms with E-state index in [1.165, 1.54) is 19.4 Å². The zero-order valence-electron chi connectivity index (χ0n) is 18.0. The Hall–Kier alpha value is -3.34. The smallest absolute Gasteiger partial charge is 0.328 e. The fourth-order valence-electron chi connectivity index (χ4n) is 3.56. The minimum Gasteiger partial charge on any atom is -0.487 e. The number of ether oxygens (including phenoxy) is 1. The van der Waals surface area contributed by atoms with E-state index >= 15 is 0 Å². The van der Waals surface area contributed by atoms with Crippen LogP contribution in [-0.4, -0.2) is 22.5 Å². The SMILES string of the molecule is Cc1cc(C)c(COc2c(C(=O)NC(C)(C)C(=O)O)ccc3ccccc23)c(C)c1. The van der Waals surface area contributed by atoms with Crippen molar-refractivity contribution in [2.24, 2.45) is 0 Å². The van der Waals surface area contributed by atoms with Crippen LogP contribution in [0.5, 0.6) is 5.75 Å². The first-order chi connectivity index (χ1) is 14.1. The normalized spacial score (nSPS) is 11.4. The Morgan fingerprint density at radius 2 is 1.63 bits per heavy atom. The molecule has 3 aromatic carbocycles. The molecule has 0 radical (unpaired) electrons. The largest absolute Gasteiger partial charge is 0.487 e. The molecule has 0 aliphatic carbocycles. The number of aryl methyl sites for hydroxylation is 3. The Morgan fingerprint density at radius 1 is 1.00 bits per heavy atom. The van der Waals surface area contributed by atoms with Gasteiger partial charge in [0.1, 0.15) is 17.9 Å². The number of fused-ring (bicyclic) bond motifs is 1. The molecule has 2 N–H and O–H groups in total. The van der Waals surface area contributed by atoms with Crippen LogP contribution in [0.4, 0.5) is 0 Å². The van der Waals surface area contributed by atoms with Crippen LogP contribution < -0.4 is 10.1 Å². The highest BCUT2D eigenvalue weighted by Crippen LogP contribution is 2.32. The third-order valence-electron chi connectivity index (χ3n) is 5.29. The molecule has 5 nitrogen and oxygen atoms in total. The molecule has 0 spiro atoms. The maximum atomic E-state index is 13.0. The van der Waals surface area contributed by atoms with Gasteiger partial charge in [-0.25, -0.2) is 4.79 Å². The molecule has 3 rings (SSSR count). The van der Waals surface area contributed by atoms with Crippen molar-refractivity contribution in [1.82, 2.24) is 5.32 Å². The van der Waals surface area contributed by atoms with E-state index in [4.69, 9.17) is 4.74 Å². The zero-order valence-corrected chi connectivity index (χ0v) is 18.0. The average molecular weight is 405 g/mol. The number of carbonyl (C=O) groups is 2. The third-order valence-corrected chi connectivity index (χ3v) is 5.29. The zero-order chi connectivity index (χ0) is 22.1. The lowest BCUT2D eigenvalue weighted by atomic mass is 10.00. The van der Waals surface area contributed by atoms with Gasteiger partial charge in [-0.2, -0.15) is 0 Å². The van der Waals surface area contributed by atoms with Gasteiger partial charge in [-0.05, 0) is 62.8 Å². The molecular formula is C25H27NO4. The first-order valence-corrected chi connectivity index (χ1v) is 9.87. The van der Waals surface area contributed by atoms with Crippen molar-refractivity contribution in [3.63, 3.8) is 0 Å². The number of hydrogen-bond donors (Lipinski definition) is 2. The summed E-state index contributed by atoms with van der Waals surface area (Å²) in [5.74, 6) is -1.14. The van der Waals surface area contributed by atoms with Crippen molar-refractivity contribution in [2.45, 2.75) is 46.8 Å². The Kier molecular flexibility index (Phi) is 5.83. The Labute approximate surface area is 176 Å².